The van der Waals surface area contributed by atoms with Crippen LogP contribution in [0, 0.1) is 19.8 Å². The Morgan fingerprint density at radius 3 is 2.50 bits per heavy atom. The molecule has 1 N–H and O–H groups in total. The average Bonchev–Trinajstić information content (AvgIpc) is 3.52. The molecule has 1 amide bonds. The second kappa shape index (κ2) is 7.82. The molecular formula is C26H30N2O2. The lowest BCUT2D eigenvalue weighted by Gasteiger charge is -2.25. The van der Waals surface area contributed by atoms with Gasteiger partial charge in [-0.1, -0.05) is 30.7 Å². The summed E-state index contributed by atoms with van der Waals surface area (Å²) < 4.78 is 5.92. The third-order valence-corrected chi connectivity index (χ3v) is 6.81. The minimum atomic E-state index is 0.120. The third-order valence-electron chi connectivity index (χ3n) is 6.81. The van der Waals surface area contributed by atoms with Crippen LogP contribution >= 0.6 is 0 Å². The number of nitrogens with zero attached hydrogens (tertiary/aromatic N) is 1. The van der Waals surface area contributed by atoms with Gasteiger partial charge in [-0.15, -0.1) is 0 Å². The molecule has 2 aliphatic rings. The highest BCUT2D eigenvalue weighted by atomic mass is 16.5. The second-order valence-electron chi connectivity index (χ2n) is 9.02. The second-order valence-corrected chi connectivity index (χ2v) is 9.02. The van der Waals surface area contributed by atoms with Gasteiger partial charge in [0, 0.05) is 23.7 Å². The maximum absolute atomic E-state index is 13.5. The number of aryl methyl sites for hydroxylation is 2. The summed E-state index contributed by atoms with van der Waals surface area (Å²) in [6, 6.07) is 14.7. The minimum Gasteiger partial charge on any atom is -0.493 e. The maximum atomic E-state index is 13.5. The van der Waals surface area contributed by atoms with Crippen molar-refractivity contribution in [2.45, 2.75) is 58.5 Å². The smallest absolute Gasteiger partial charge is 0.256 e. The average molecular weight is 403 g/mol. The monoisotopic (exact) mass is 402 g/mol. The van der Waals surface area contributed by atoms with Gasteiger partial charge in [0.25, 0.3) is 5.91 Å². The molecular weight excluding hydrogens is 372 g/mol. The van der Waals surface area contributed by atoms with E-state index in [2.05, 4.69) is 37.0 Å². The topological polar surface area (TPSA) is 45.3 Å². The number of amides is 1. The molecule has 2 fully saturated rings. The van der Waals surface area contributed by atoms with Crippen molar-refractivity contribution in [3.63, 3.8) is 0 Å². The number of ether oxygens (including phenoxy) is 1. The van der Waals surface area contributed by atoms with Crippen LogP contribution in [0.2, 0.25) is 0 Å². The number of hydrogen-bond donors (Lipinski definition) is 1. The van der Waals surface area contributed by atoms with E-state index >= 15 is 0 Å². The molecule has 0 aliphatic heterocycles. The van der Waals surface area contributed by atoms with E-state index in [4.69, 9.17) is 4.74 Å². The molecule has 30 heavy (non-hydrogen) atoms. The number of hydrogen-bond acceptors (Lipinski definition) is 2. The van der Waals surface area contributed by atoms with Crippen molar-refractivity contribution in [1.82, 2.24) is 9.88 Å². The Bertz CT molecular complexity index is 1060. The number of carbonyl (C=O) groups is 1. The molecule has 1 aromatic heterocycles. The number of benzene rings is 2. The summed E-state index contributed by atoms with van der Waals surface area (Å²) in [7, 11) is 0. The molecule has 0 radical (unpaired) electrons. The molecule has 5 rings (SSSR count). The van der Waals surface area contributed by atoms with Gasteiger partial charge < -0.3 is 14.6 Å². The summed E-state index contributed by atoms with van der Waals surface area (Å²) in [5.74, 6) is 1.78. The number of H-pyrrole nitrogens is 1. The fourth-order valence-corrected chi connectivity index (χ4v) is 4.33. The summed E-state index contributed by atoms with van der Waals surface area (Å²) in [5.41, 5.74) is 5.23. The standard InChI is InChI=1S/C26H30N2O2/c1-17-18(2)27-25-23(17)7-4-8-24(25)26(29)28(21-11-12-21)15-19-9-13-22(14-10-19)30-16-20-5-3-6-20/h4,7-10,13-14,20-21,27H,3,5-6,11-12,15-16H2,1-2H3. The fraction of sp³-hybridized carbons (Fsp3) is 0.423. The van der Waals surface area contributed by atoms with Crippen molar-refractivity contribution < 1.29 is 9.53 Å². The number of aromatic nitrogens is 1. The Labute approximate surface area is 178 Å². The van der Waals surface area contributed by atoms with Crippen molar-refractivity contribution >= 4 is 16.8 Å². The van der Waals surface area contributed by atoms with Gasteiger partial charge in [0.2, 0.25) is 0 Å². The molecule has 2 aliphatic carbocycles. The number of fused-ring (bicyclic) bond motifs is 1. The molecule has 0 saturated heterocycles. The van der Waals surface area contributed by atoms with E-state index in [0.29, 0.717) is 12.6 Å². The molecule has 1 heterocycles. The minimum absolute atomic E-state index is 0.120. The predicted octanol–water partition coefficient (Wildman–Crippen LogP) is 5.77. The Kier molecular flexibility index (Phi) is 5.01. The maximum Gasteiger partial charge on any atom is 0.256 e. The zero-order valence-corrected chi connectivity index (χ0v) is 17.9. The van der Waals surface area contributed by atoms with Crippen LogP contribution in [0.1, 0.15) is 59.3 Å². The lowest BCUT2D eigenvalue weighted by Crippen LogP contribution is -2.32. The van der Waals surface area contributed by atoms with E-state index in [1.54, 1.807) is 0 Å². The molecule has 0 spiro atoms. The van der Waals surface area contributed by atoms with Crippen molar-refractivity contribution in [1.29, 1.82) is 0 Å². The van der Waals surface area contributed by atoms with Crippen LogP contribution < -0.4 is 4.74 Å². The first-order valence-electron chi connectivity index (χ1n) is 11.2. The molecule has 156 valence electrons. The van der Waals surface area contributed by atoms with Crippen molar-refractivity contribution in [3.05, 3.63) is 64.8 Å². The first-order chi connectivity index (χ1) is 14.6. The van der Waals surface area contributed by atoms with Crippen molar-refractivity contribution in [2.24, 2.45) is 5.92 Å². The van der Waals surface area contributed by atoms with E-state index in [9.17, 15) is 4.79 Å². The third kappa shape index (κ3) is 3.71. The number of rotatable bonds is 7. The van der Waals surface area contributed by atoms with Gasteiger partial charge >= 0.3 is 0 Å². The molecule has 2 saturated carbocycles. The van der Waals surface area contributed by atoms with E-state index in [-0.39, 0.29) is 5.91 Å². The van der Waals surface area contributed by atoms with Gasteiger partial charge in [0.1, 0.15) is 5.75 Å². The first kappa shape index (κ1) is 19.2. The van der Waals surface area contributed by atoms with Crippen LogP contribution in [0.25, 0.3) is 10.9 Å². The van der Waals surface area contributed by atoms with E-state index in [1.807, 2.05) is 29.2 Å². The lowest BCUT2D eigenvalue weighted by molar-refractivity contribution is 0.0731. The van der Waals surface area contributed by atoms with Crippen LogP contribution in [0.4, 0.5) is 0 Å². The van der Waals surface area contributed by atoms with Gasteiger partial charge in [0.15, 0.2) is 0 Å². The number of carbonyl (C=O) groups excluding carboxylic acids is 1. The van der Waals surface area contributed by atoms with E-state index < -0.39 is 0 Å². The van der Waals surface area contributed by atoms with Crippen LogP contribution in [-0.2, 0) is 6.54 Å². The van der Waals surface area contributed by atoms with Crippen LogP contribution in [-0.4, -0.2) is 28.4 Å². The number of para-hydroxylation sites is 1. The van der Waals surface area contributed by atoms with Gasteiger partial charge in [-0.3, -0.25) is 4.79 Å². The molecule has 0 atom stereocenters. The summed E-state index contributed by atoms with van der Waals surface area (Å²) in [5, 5.41) is 1.14. The highest BCUT2D eigenvalue weighted by Gasteiger charge is 2.34. The Hall–Kier alpha value is -2.75. The lowest BCUT2D eigenvalue weighted by atomic mass is 9.86. The summed E-state index contributed by atoms with van der Waals surface area (Å²) in [6.07, 6.45) is 6.11. The van der Waals surface area contributed by atoms with Crippen molar-refractivity contribution in [3.8, 4) is 5.75 Å². The Balaban J connectivity index is 1.33. The van der Waals surface area contributed by atoms with Gasteiger partial charge in [-0.25, -0.2) is 0 Å². The molecule has 0 bridgehead atoms. The molecule has 4 heteroatoms. The number of aromatic amines is 1. The Morgan fingerprint density at radius 1 is 1.07 bits per heavy atom. The first-order valence-corrected chi connectivity index (χ1v) is 11.2. The highest BCUT2D eigenvalue weighted by Crippen LogP contribution is 2.33. The quantitative estimate of drug-likeness (QED) is 0.545. The Morgan fingerprint density at radius 2 is 1.83 bits per heavy atom. The zero-order chi connectivity index (χ0) is 20.7. The molecule has 0 unspecified atom stereocenters. The van der Waals surface area contributed by atoms with Crippen LogP contribution in [0.3, 0.4) is 0 Å². The van der Waals surface area contributed by atoms with Crippen LogP contribution in [0.5, 0.6) is 5.75 Å². The summed E-state index contributed by atoms with van der Waals surface area (Å²) in [4.78, 5) is 19.0. The van der Waals surface area contributed by atoms with E-state index in [1.165, 1.54) is 24.8 Å². The summed E-state index contributed by atoms with van der Waals surface area (Å²) >= 11 is 0. The number of nitrogens with one attached hydrogen (secondary N) is 1. The fourth-order valence-electron chi connectivity index (χ4n) is 4.33. The zero-order valence-electron chi connectivity index (χ0n) is 17.9. The van der Waals surface area contributed by atoms with Crippen LogP contribution in [0.15, 0.2) is 42.5 Å². The van der Waals surface area contributed by atoms with E-state index in [0.717, 1.165) is 58.8 Å². The van der Waals surface area contributed by atoms with Gasteiger partial charge in [-0.2, -0.15) is 0 Å². The highest BCUT2D eigenvalue weighted by molar-refractivity contribution is 6.06. The SMILES string of the molecule is Cc1[nH]c2c(C(=O)N(Cc3ccc(OCC4CCC4)cc3)C3CC3)cccc2c1C. The predicted molar refractivity (Wildman–Crippen MR) is 120 cm³/mol. The van der Waals surface area contributed by atoms with Crippen molar-refractivity contribution in [2.75, 3.05) is 6.61 Å². The molecule has 2 aromatic carbocycles. The molecule has 4 nitrogen and oxygen atoms in total. The molecule has 3 aromatic rings. The normalized spacial score (nSPS) is 16.5. The summed E-state index contributed by atoms with van der Waals surface area (Å²) in [6.45, 7) is 5.64. The van der Waals surface area contributed by atoms with Gasteiger partial charge in [-0.05, 0) is 74.8 Å². The van der Waals surface area contributed by atoms with Gasteiger partial charge in [0.05, 0.1) is 17.7 Å². The largest absolute Gasteiger partial charge is 0.493 e.